The summed E-state index contributed by atoms with van der Waals surface area (Å²) in [5.41, 5.74) is 0.789. The van der Waals surface area contributed by atoms with E-state index in [1.165, 1.54) is 0 Å². The van der Waals surface area contributed by atoms with Gasteiger partial charge in [0.05, 0.1) is 7.11 Å². The fraction of sp³-hybridized carbons (Fsp3) is 0.188. The van der Waals surface area contributed by atoms with Crippen LogP contribution in [0.5, 0.6) is 11.5 Å². The highest BCUT2D eigenvalue weighted by atomic mass is 35.5. The number of carbonyl (C=O) groups is 1. The molecule has 2 aromatic carbocycles. The fourth-order valence-electron chi connectivity index (χ4n) is 1.79. The zero-order valence-corrected chi connectivity index (χ0v) is 13.4. The first-order valence-electron chi connectivity index (χ1n) is 6.56. The maximum atomic E-state index is 11.8. The molecule has 0 atom stereocenters. The summed E-state index contributed by atoms with van der Waals surface area (Å²) in [6.45, 7) is 0.204. The Hall–Kier alpha value is -1.91. The second-order valence-electron chi connectivity index (χ2n) is 4.45. The van der Waals surface area contributed by atoms with Crippen LogP contribution in [0, 0.1) is 0 Å². The Morgan fingerprint density at radius 2 is 1.86 bits per heavy atom. The normalized spacial score (nSPS) is 10.1. The molecular formula is C16H15Cl2NO3. The molecule has 1 amide bonds. The van der Waals surface area contributed by atoms with Gasteiger partial charge in [-0.3, -0.25) is 4.79 Å². The van der Waals surface area contributed by atoms with Gasteiger partial charge in [0, 0.05) is 16.6 Å². The van der Waals surface area contributed by atoms with Gasteiger partial charge in [-0.05, 0) is 29.8 Å². The molecule has 0 heterocycles. The Morgan fingerprint density at radius 1 is 1.14 bits per heavy atom. The Kier molecular flexibility index (Phi) is 5.92. The minimum atomic E-state index is -0.253. The van der Waals surface area contributed by atoms with Crippen molar-refractivity contribution < 1.29 is 14.3 Å². The van der Waals surface area contributed by atoms with Gasteiger partial charge in [-0.1, -0.05) is 41.4 Å². The summed E-state index contributed by atoms with van der Waals surface area (Å²) >= 11 is 11.9. The Balaban J connectivity index is 1.85. The molecule has 0 unspecified atom stereocenters. The largest absolute Gasteiger partial charge is 0.493 e. The molecule has 0 saturated carbocycles. The molecule has 0 aliphatic heterocycles. The zero-order valence-electron chi connectivity index (χ0n) is 11.9. The minimum Gasteiger partial charge on any atom is -0.493 e. The highest BCUT2D eigenvalue weighted by Gasteiger charge is 2.08. The molecule has 0 aliphatic carbocycles. The third-order valence-corrected chi connectivity index (χ3v) is 3.51. The van der Waals surface area contributed by atoms with Gasteiger partial charge in [-0.2, -0.15) is 0 Å². The Morgan fingerprint density at radius 3 is 2.55 bits per heavy atom. The highest BCUT2D eigenvalue weighted by Crippen LogP contribution is 2.25. The van der Waals surface area contributed by atoms with Gasteiger partial charge in [-0.15, -0.1) is 0 Å². The molecule has 0 aliphatic rings. The van der Waals surface area contributed by atoms with Crippen LogP contribution in [0.3, 0.4) is 0 Å². The molecule has 22 heavy (non-hydrogen) atoms. The summed E-state index contributed by atoms with van der Waals surface area (Å²) < 4.78 is 10.6. The first-order valence-corrected chi connectivity index (χ1v) is 7.32. The third-order valence-electron chi connectivity index (χ3n) is 2.92. The second-order valence-corrected chi connectivity index (χ2v) is 5.30. The lowest BCUT2D eigenvalue weighted by Gasteiger charge is -2.11. The van der Waals surface area contributed by atoms with Crippen molar-refractivity contribution in [2.75, 3.05) is 13.7 Å². The van der Waals surface area contributed by atoms with Crippen LogP contribution in [0.1, 0.15) is 5.56 Å². The summed E-state index contributed by atoms with van der Waals surface area (Å²) in [5.74, 6) is 0.845. The number of halogens is 2. The quantitative estimate of drug-likeness (QED) is 0.872. The number of nitrogens with one attached hydrogen (secondary N) is 1. The highest BCUT2D eigenvalue weighted by molar-refractivity contribution is 6.35. The molecule has 0 aromatic heterocycles. The topological polar surface area (TPSA) is 47.6 Å². The van der Waals surface area contributed by atoms with Crippen molar-refractivity contribution in [3.63, 3.8) is 0 Å². The molecule has 0 spiro atoms. The number of hydrogen-bond donors (Lipinski definition) is 1. The Labute approximate surface area is 138 Å². The monoisotopic (exact) mass is 339 g/mol. The van der Waals surface area contributed by atoms with Crippen LogP contribution in [0.15, 0.2) is 42.5 Å². The molecule has 1 N–H and O–H groups in total. The average molecular weight is 340 g/mol. The summed E-state index contributed by atoms with van der Waals surface area (Å²) in [5, 5.41) is 3.80. The van der Waals surface area contributed by atoms with Crippen LogP contribution in [0.2, 0.25) is 10.0 Å². The van der Waals surface area contributed by atoms with Crippen LogP contribution < -0.4 is 14.8 Å². The average Bonchev–Trinajstić information content (AvgIpc) is 2.52. The fourth-order valence-corrected chi connectivity index (χ4v) is 2.27. The Bertz CT molecular complexity index is 662. The minimum absolute atomic E-state index is 0.106. The van der Waals surface area contributed by atoms with E-state index in [1.54, 1.807) is 37.4 Å². The van der Waals surface area contributed by atoms with E-state index in [4.69, 9.17) is 32.7 Å². The van der Waals surface area contributed by atoms with Crippen molar-refractivity contribution in [1.82, 2.24) is 5.32 Å². The van der Waals surface area contributed by atoms with Gasteiger partial charge < -0.3 is 14.8 Å². The van der Waals surface area contributed by atoms with Crippen molar-refractivity contribution in [3.05, 3.63) is 58.1 Å². The molecule has 2 rings (SSSR count). The van der Waals surface area contributed by atoms with E-state index in [1.807, 2.05) is 12.1 Å². The van der Waals surface area contributed by atoms with E-state index in [9.17, 15) is 4.79 Å². The lowest BCUT2D eigenvalue weighted by Crippen LogP contribution is -2.28. The van der Waals surface area contributed by atoms with Gasteiger partial charge in [0.1, 0.15) is 0 Å². The molecule has 0 fully saturated rings. The van der Waals surface area contributed by atoms with Gasteiger partial charge >= 0.3 is 0 Å². The van der Waals surface area contributed by atoms with Gasteiger partial charge in [0.2, 0.25) is 0 Å². The van der Waals surface area contributed by atoms with E-state index in [2.05, 4.69) is 5.32 Å². The van der Waals surface area contributed by atoms with Crippen molar-refractivity contribution in [2.45, 2.75) is 6.54 Å². The van der Waals surface area contributed by atoms with Crippen LogP contribution in [0.4, 0.5) is 0 Å². The van der Waals surface area contributed by atoms with E-state index < -0.39 is 0 Å². The standard InChI is InChI=1S/C16H15Cl2NO3/c1-21-14-4-2-3-5-15(14)22-10-16(20)19-9-11-6-7-12(17)8-13(11)18/h2-8H,9-10H2,1H3,(H,19,20). The molecule has 4 nitrogen and oxygen atoms in total. The van der Waals surface area contributed by atoms with E-state index in [-0.39, 0.29) is 12.5 Å². The number of amides is 1. The van der Waals surface area contributed by atoms with Crippen LogP contribution in [-0.2, 0) is 11.3 Å². The van der Waals surface area contributed by atoms with E-state index >= 15 is 0 Å². The third kappa shape index (κ3) is 4.55. The van der Waals surface area contributed by atoms with Gasteiger partial charge in [0.25, 0.3) is 5.91 Å². The van der Waals surface area contributed by atoms with Crippen molar-refractivity contribution in [1.29, 1.82) is 0 Å². The molecular weight excluding hydrogens is 325 g/mol. The summed E-state index contributed by atoms with van der Waals surface area (Å²) in [4.78, 5) is 11.8. The molecule has 0 bridgehead atoms. The van der Waals surface area contributed by atoms with Crippen molar-refractivity contribution in [2.24, 2.45) is 0 Å². The van der Waals surface area contributed by atoms with Crippen LogP contribution >= 0.6 is 23.2 Å². The molecule has 0 radical (unpaired) electrons. The van der Waals surface area contributed by atoms with Crippen molar-refractivity contribution in [3.8, 4) is 11.5 Å². The zero-order chi connectivity index (χ0) is 15.9. The first kappa shape index (κ1) is 16.5. The number of rotatable bonds is 6. The van der Waals surface area contributed by atoms with Gasteiger partial charge in [0.15, 0.2) is 18.1 Å². The summed E-state index contributed by atoms with van der Waals surface area (Å²) in [7, 11) is 1.55. The SMILES string of the molecule is COc1ccccc1OCC(=O)NCc1ccc(Cl)cc1Cl. The first-order chi connectivity index (χ1) is 10.6. The summed E-state index contributed by atoms with van der Waals surface area (Å²) in [6, 6.07) is 12.3. The van der Waals surface area contributed by atoms with Crippen molar-refractivity contribution >= 4 is 29.1 Å². The van der Waals surface area contributed by atoms with Gasteiger partial charge in [-0.25, -0.2) is 0 Å². The van der Waals surface area contributed by atoms with Crippen LogP contribution in [0.25, 0.3) is 0 Å². The van der Waals surface area contributed by atoms with E-state index in [0.717, 1.165) is 5.56 Å². The molecule has 6 heteroatoms. The lowest BCUT2D eigenvalue weighted by atomic mass is 10.2. The maximum Gasteiger partial charge on any atom is 0.258 e. The number of methoxy groups -OCH3 is 1. The number of ether oxygens (including phenoxy) is 2. The second kappa shape index (κ2) is 7.92. The molecule has 2 aromatic rings. The lowest BCUT2D eigenvalue weighted by molar-refractivity contribution is -0.123. The van der Waals surface area contributed by atoms with Crippen LogP contribution in [-0.4, -0.2) is 19.6 Å². The number of benzene rings is 2. The number of para-hydroxylation sites is 2. The number of hydrogen-bond acceptors (Lipinski definition) is 3. The smallest absolute Gasteiger partial charge is 0.258 e. The predicted molar refractivity (Wildman–Crippen MR) is 86.8 cm³/mol. The predicted octanol–water partition coefficient (Wildman–Crippen LogP) is 3.70. The maximum absolute atomic E-state index is 11.8. The van der Waals surface area contributed by atoms with E-state index in [0.29, 0.717) is 28.1 Å². The molecule has 0 saturated heterocycles. The summed E-state index contributed by atoms with van der Waals surface area (Å²) in [6.07, 6.45) is 0. The molecule has 116 valence electrons. The number of carbonyl (C=O) groups excluding carboxylic acids is 1.